The highest BCUT2D eigenvalue weighted by Gasteiger charge is 2.32. The number of hydrogen-bond acceptors (Lipinski definition) is 2. The number of aromatic nitrogens is 1. The zero-order valence-electron chi connectivity index (χ0n) is 9.02. The van der Waals surface area contributed by atoms with Crippen molar-refractivity contribution in [3.8, 4) is 0 Å². The molecule has 3 heteroatoms. The first-order valence-corrected chi connectivity index (χ1v) is 5.49. The SMILES string of the molecule is CCN(Cc1ccncc1)C(=O)C1CC1. The lowest BCUT2D eigenvalue weighted by Gasteiger charge is -2.20. The summed E-state index contributed by atoms with van der Waals surface area (Å²) < 4.78 is 0. The van der Waals surface area contributed by atoms with Crippen LogP contribution in [0.3, 0.4) is 0 Å². The van der Waals surface area contributed by atoms with Gasteiger partial charge in [0.1, 0.15) is 0 Å². The Morgan fingerprint density at radius 1 is 1.47 bits per heavy atom. The molecule has 0 radical (unpaired) electrons. The summed E-state index contributed by atoms with van der Waals surface area (Å²) in [4.78, 5) is 17.7. The van der Waals surface area contributed by atoms with Gasteiger partial charge in [-0.25, -0.2) is 0 Å². The lowest BCUT2D eigenvalue weighted by molar-refractivity contribution is -0.132. The van der Waals surface area contributed by atoms with Crippen molar-refractivity contribution in [3.63, 3.8) is 0 Å². The Morgan fingerprint density at radius 3 is 2.67 bits per heavy atom. The standard InChI is InChI=1S/C12H16N2O/c1-2-14(12(15)11-3-4-11)9-10-5-7-13-8-6-10/h5-8,11H,2-4,9H2,1H3. The molecule has 1 aromatic rings. The Kier molecular flexibility index (Phi) is 2.99. The third-order valence-corrected chi connectivity index (χ3v) is 2.74. The molecular weight excluding hydrogens is 188 g/mol. The average Bonchev–Trinajstić information content (AvgIpc) is 3.10. The van der Waals surface area contributed by atoms with Crippen LogP contribution in [-0.4, -0.2) is 22.3 Å². The van der Waals surface area contributed by atoms with Crippen LogP contribution in [0.15, 0.2) is 24.5 Å². The van der Waals surface area contributed by atoms with Crippen LogP contribution in [0.5, 0.6) is 0 Å². The van der Waals surface area contributed by atoms with Crippen molar-refractivity contribution in [2.75, 3.05) is 6.54 Å². The van der Waals surface area contributed by atoms with Gasteiger partial charge in [-0.1, -0.05) is 0 Å². The third-order valence-electron chi connectivity index (χ3n) is 2.74. The second-order valence-electron chi connectivity index (χ2n) is 3.98. The molecule has 1 heterocycles. The predicted octanol–water partition coefficient (Wildman–Crippen LogP) is 1.84. The zero-order valence-corrected chi connectivity index (χ0v) is 9.02. The third kappa shape index (κ3) is 2.55. The number of rotatable bonds is 4. The number of pyridine rings is 1. The van der Waals surface area contributed by atoms with E-state index in [4.69, 9.17) is 0 Å². The first kappa shape index (κ1) is 10.1. The number of nitrogens with zero attached hydrogens (tertiary/aromatic N) is 2. The fourth-order valence-electron chi connectivity index (χ4n) is 1.64. The Bertz CT molecular complexity index is 333. The molecule has 0 atom stereocenters. The molecule has 0 bridgehead atoms. The lowest BCUT2D eigenvalue weighted by Crippen LogP contribution is -2.31. The quantitative estimate of drug-likeness (QED) is 0.749. The molecule has 1 amide bonds. The van der Waals surface area contributed by atoms with Crippen molar-refractivity contribution >= 4 is 5.91 Å². The molecule has 0 aliphatic heterocycles. The van der Waals surface area contributed by atoms with Gasteiger partial charge in [0.05, 0.1) is 0 Å². The molecule has 0 aromatic carbocycles. The Morgan fingerprint density at radius 2 is 2.13 bits per heavy atom. The van der Waals surface area contributed by atoms with E-state index in [0.29, 0.717) is 18.4 Å². The Labute approximate surface area is 90.1 Å². The fraction of sp³-hybridized carbons (Fsp3) is 0.500. The first-order chi connectivity index (χ1) is 7.31. The van der Waals surface area contributed by atoms with E-state index >= 15 is 0 Å². The maximum atomic E-state index is 11.9. The fourth-order valence-corrected chi connectivity index (χ4v) is 1.64. The summed E-state index contributed by atoms with van der Waals surface area (Å²) in [7, 11) is 0. The van der Waals surface area contributed by atoms with E-state index in [2.05, 4.69) is 4.98 Å². The highest BCUT2D eigenvalue weighted by Crippen LogP contribution is 2.31. The van der Waals surface area contributed by atoms with Gasteiger partial charge in [0.15, 0.2) is 0 Å². The van der Waals surface area contributed by atoms with Gasteiger partial charge in [-0.3, -0.25) is 9.78 Å². The Balaban J connectivity index is 1.98. The van der Waals surface area contributed by atoms with Crippen molar-refractivity contribution in [2.24, 2.45) is 5.92 Å². The van der Waals surface area contributed by atoms with Crippen LogP contribution >= 0.6 is 0 Å². The van der Waals surface area contributed by atoms with Crippen molar-refractivity contribution in [1.82, 2.24) is 9.88 Å². The molecule has 15 heavy (non-hydrogen) atoms. The van der Waals surface area contributed by atoms with E-state index in [0.717, 1.165) is 24.9 Å². The number of carbonyl (C=O) groups excluding carboxylic acids is 1. The largest absolute Gasteiger partial charge is 0.338 e. The summed E-state index contributed by atoms with van der Waals surface area (Å²) in [5.41, 5.74) is 1.15. The van der Waals surface area contributed by atoms with Gasteiger partial charge < -0.3 is 4.90 Å². The molecule has 3 nitrogen and oxygen atoms in total. The van der Waals surface area contributed by atoms with Crippen molar-refractivity contribution in [3.05, 3.63) is 30.1 Å². The zero-order chi connectivity index (χ0) is 10.7. The molecule has 0 N–H and O–H groups in total. The van der Waals surface area contributed by atoms with Crippen molar-refractivity contribution in [2.45, 2.75) is 26.3 Å². The maximum Gasteiger partial charge on any atom is 0.225 e. The van der Waals surface area contributed by atoms with Crippen molar-refractivity contribution in [1.29, 1.82) is 0 Å². The first-order valence-electron chi connectivity index (χ1n) is 5.49. The summed E-state index contributed by atoms with van der Waals surface area (Å²) in [5.74, 6) is 0.626. The molecule has 1 fully saturated rings. The van der Waals surface area contributed by atoms with Crippen LogP contribution in [0.4, 0.5) is 0 Å². The minimum atomic E-state index is 0.312. The monoisotopic (exact) mass is 204 g/mol. The van der Waals surface area contributed by atoms with Crippen LogP contribution in [0.25, 0.3) is 0 Å². The van der Waals surface area contributed by atoms with E-state index < -0.39 is 0 Å². The molecule has 1 saturated carbocycles. The van der Waals surface area contributed by atoms with Gasteiger partial charge >= 0.3 is 0 Å². The van der Waals surface area contributed by atoms with E-state index in [1.807, 2.05) is 24.0 Å². The smallest absolute Gasteiger partial charge is 0.225 e. The van der Waals surface area contributed by atoms with Gasteiger partial charge in [0.2, 0.25) is 5.91 Å². The summed E-state index contributed by atoms with van der Waals surface area (Å²) >= 11 is 0. The van der Waals surface area contributed by atoms with Crippen molar-refractivity contribution < 1.29 is 4.79 Å². The second kappa shape index (κ2) is 4.43. The summed E-state index contributed by atoms with van der Waals surface area (Å²) in [6, 6.07) is 3.92. The van der Waals surface area contributed by atoms with Gasteiger partial charge in [-0.05, 0) is 37.5 Å². The molecule has 2 rings (SSSR count). The van der Waals surface area contributed by atoms with Gasteiger partial charge in [0.25, 0.3) is 0 Å². The summed E-state index contributed by atoms with van der Waals surface area (Å²) in [6.07, 6.45) is 5.69. The topological polar surface area (TPSA) is 33.2 Å². The average molecular weight is 204 g/mol. The highest BCUT2D eigenvalue weighted by atomic mass is 16.2. The number of hydrogen-bond donors (Lipinski definition) is 0. The van der Waals surface area contributed by atoms with Crippen LogP contribution in [0.1, 0.15) is 25.3 Å². The molecule has 1 aliphatic carbocycles. The van der Waals surface area contributed by atoms with E-state index in [9.17, 15) is 4.79 Å². The van der Waals surface area contributed by atoms with Gasteiger partial charge in [-0.2, -0.15) is 0 Å². The van der Waals surface area contributed by atoms with Crippen LogP contribution in [0, 0.1) is 5.92 Å². The maximum absolute atomic E-state index is 11.9. The van der Waals surface area contributed by atoms with Gasteiger partial charge in [0, 0.05) is 31.4 Å². The van der Waals surface area contributed by atoms with Gasteiger partial charge in [-0.15, -0.1) is 0 Å². The molecular formula is C12H16N2O. The molecule has 80 valence electrons. The molecule has 0 spiro atoms. The minimum absolute atomic E-state index is 0.312. The minimum Gasteiger partial charge on any atom is -0.338 e. The van der Waals surface area contributed by atoms with Crippen LogP contribution < -0.4 is 0 Å². The molecule has 1 aliphatic rings. The van der Waals surface area contributed by atoms with E-state index in [-0.39, 0.29) is 0 Å². The van der Waals surface area contributed by atoms with Crippen LogP contribution in [-0.2, 0) is 11.3 Å². The Hall–Kier alpha value is -1.38. The second-order valence-corrected chi connectivity index (χ2v) is 3.98. The molecule has 0 saturated heterocycles. The summed E-state index contributed by atoms with van der Waals surface area (Å²) in [6.45, 7) is 3.54. The normalized spacial score (nSPS) is 15.0. The number of carbonyl (C=O) groups is 1. The van der Waals surface area contributed by atoms with E-state index in [1.165, 1.54) is 0 Å². The van der Waals surface area contributed by atoms with Crippen LogP contribution in [0.2, 0.25) is 0 Å². The lowest BCUT2D eigenvalue weighted by atomic mass is 10.2. The number of amides is 1. The molecule has 1 aromatic heterocycles. The molecule has 0 unspecified atom stereocenters. The highest BCUT2D eigenvalue weighted by molar-refractivity contribution is 5.80. The summed E-state index contributed by atoms with van der Waals surface area (Å²) in [5, 5.41) is 0. The van der Waals surface area contributed by atoms with E-state index in [1.54, 1.807) is 12.4 Å². The predicted molar refractivity (Wildman–Crippen MR) is 58.1 cm³/mol.